The predicted molar refractivity (Wildman–Crippen MR) is 212 cm³/mol. The van der Waals surface area contributed by atoms with Gasteiger partial charge in [0, 0.05) is 59.8 Å². The number of Topliss-reactive ketones (excluding diaryl/α,β-unsaturated/α-hetero) is 1. The molecule has 1 atom stereocenters. The lowest BCUT2D eigenvalue weighted by molar-refractivity contribution is -0.437. The first kappa shape index (κ1) is 43.3. The highest BCUT2D eigenvalue weighted by Crippen LogP contribution is 2.51. The van der Waals surface area contributed by atoms with E-state index in [4.69, 9.17) is 0 Å². The second-order valence-corrected chi connectivity index (χ2v) is 19.8. The quantitative estimate of drug-likeness (QED) is 0.0628. The maximum absolute atomic E-state index is 12.4. The van der Waals surface area contributed by atoms with E-state index < -0.39 is 46.9 Å². The van der Waals surface area contributed by atoms with Gasteiger partial charge in [-0.25, -0.2) is 0 Å². The first-order valence-corrected chi connectivity index (χ1v) is 22.8. The van der Waals surface area contributed by atoms with Crippen LogP contribution in [0.25, 0.3) is 0 Å². The van der Waals surface area contributed by atoms with Gasteiger partial charge in [0.15, 0.2) is 5.71 Å². The molecule has 0 aromatic heterocycles. The van der Waals surface area contributed by atoms with Crippen LogP contribution in [0.4, 0.5) is 11.4 Å². The van der Waals surface area contributed by atoms with Crippen LogP contribution < -0.4 is 4.90 Å². The Bertz CT molecular complexity index is 2220. The molecule has 1 unspecified atom stereocenters. The zero-order chi connectivity index (χ0) is 40.3. The fourth-order valence-electron chi connectivity index (χ4n) is 7.46. The van der Waals surface area contributed by atoms with Gasteiger partial charge in [0.1, 0.15) is 12.3 Å². The number of fused-ring (bicyclic) bond motifs is 2. The summed E-state index contributed by atoms with van der Waals surface area (Å²) in [4.78, 5) is 14.2. The van der Waals surface area contributed by atoms with E-state index in [0.717, 1.165) is 47.5 Å². The summed E-state index contributed by atoms with van der Waals surface area (Å²) in [6.07, 6.45) is 12.5. The van der Waals surface area contributed by atoms with Gasteiger partial charge >= 0.3 is 0 Å². The maximum atomic E-state index is 12.4. The lowest BCUT2D eigenvalue weighted by Crippen LogP contribution is -2.30. The van der Waals surface area contributed by atoms with E-state index >= 15 is 0 Å². The van der Waals surface area contributed by atoms with Crippen LogP contribution >= 0.6 is 0 Å². The minimum Gasteiger partial charge on any atom is -0.344 e. The van der Waals surface area contributed by atoms with Crippen molar-refractivity contribution in [3.63, 3.8) is 0 Å². The molecule has 0 spiro atoms. The normalized spacial score (nSPS) is 19.5. The Labute approximate surface area is 320 Å². The molecule has 0 saturated heterocycles. The zero-order valence-electron chi connectivity index (χ0n) is 31.8. The minimum atomic E-state index is -4.48. The number of allylic oxidation sites excluding steroid dienone is 6. The van der Waals surface area contributed by atoms with Crippen molar-refractivity contribution in [2.75, 3.05) is 29.5 Å². The van der Waals surface area contributed by atoms with E-state index in [1.54, 1.807) is 6.07 Å². The third-order valence-electron chi connectivity index (χ3n) is 10.3. The van der Waals surface area contributed by atoms with Crippen LogP contribution in [0.15, 0.2) is 77.4 Å². The molecular weight excluding hydrogens is 753 g/mol. The van der Waals surface area contributed by atoms with E-state index in [0.29, 0.717) is 24.2 Å². The van der Waals surface area contributed by atoms with Crippen molar-refractivity contribution < 1.29 is 48.3 Å². The van der Waals surface area contributed by atoms with E-state index in [2.05, 4.69) is 17.9 Å². The van der Waals surface area contributed by atoms with Crippen molar-refractivity contribution in [3.8, 4) is 0 Å². The van der Waals surface area contributed by atoms with E-state index in [1.807, 2.05) is 81.7 Å². The summed E-state index contributed by atoms with van der Waals surface area (Å²) in [5, 5.41) is 0. The van der Waals surface area contributed by atoms with Crippen LogP contribution in [0.2, 0.25) is 0 Å². The fraction of sp³-hybridized carbons (Fsp3) is 0.487. The predicted octanol–water partition coefficient (Wildman–Crippen LogP) is 6.73. The first-order chi connectivity index (χ1) is 25.0. The van der Waals surface area contributed by atoms with Gasteiger partial charge in [-0.2, -0.15) is 29.8 Å². The summed E-state index contributed by atoms with van der Waals surface area (Å²) >= 11 is 0. The Morgan fingerprint density at radius 3 is 2.13 bits per heavy atom. The molecule has 12 nitrogen and oxygen atoms in total. The summed E-state index contributed by atoms with van der Waals surface area (Å²) in [6.45, 7) is 12.3. The summed E-state index contributed by atoms with van der Waals surface area (Å²) in [7, 11) is -12.8. The Kier molecular flexibility index (Phi) is 13.4. The number of nitrogens with zero attached hydrogens (tertiary/aromatic N) is 2. The van der Waals surface area contributed by atoms with E-state index in [1.165, 1.54) is 12.1 Å². The number of unbranched alkanes of at least 4 members (excludes halogenated alkanes) is 1. The highest BCUT2D eigenvalue weighted by atomic mass is 32.2. The number of rotatable bonds is 18. The van der Waals surface area contributed by atoms with Crippen molar-refractivity contribution >= 4 is 53.2 Å². The highest BCUT2D eigenvalue weighted by molar-refractivity contribution is 7.86. The summed E-state index contributed by atoms with van der Waals surface area (Å²) < 4.78 is 101. The van der Waals surface area contributed by atoms with Gasteiger partial charge < -0.3 is 4.90 Å². The topological polar surface area (TPSA) is 186 Å². The Morgan fingerprint density at radius 1 is 0.833 bits per heavy atom. The van der Waals surface area contributed by atoms with Crippen molar-refractivity contribution in [3.05, 3.63) is 89.2 Å². The van der Waals surface area contributed by atoms with Gasteiger partial charge in [0.2, 0.25) is 5.69 Å². The van der Waals surface area contributed by atoms with Gasteiger partial charge in [-0.15, -0.1) is 0 Å². The monoisotopic (exact) mass is 805 g/mol. The van der Waals surface area contributed by atoms with E-state index in [9.17, 15) is 43.7 Å². The molecule has 2 aromatic rings. The minimum absolute atomic E-state index is 0.0255. The number of benzene rings is 2. The van der Waals surface area contributed by atoms with Crippen LogP contribution in [-0.4, -0.2) is 79.6 Å². The Hall–Kier alpha value is -3.47. The summed E-state index contributed by atoms with van der Waals surface area (Å²) in [5.74, 6) is -0.638. The molecule has 296 valence electrons. The molecule has 15 heteroatoms. The van der Waals surface area contributed by atoms with Crippen LogP contribution in [0.3, 0.4) is 0 Å². The molecule has 2 heterocycles. The number of hydrogen-bond donors (Lipinski definition) is 3. The standard InChI is InChI=1S/C39H52N2O10S3/c1-28(2)35(42)14-10-11-21-39(6)32-26-29(3)17-19-34(32)41(23-13-25-53(46,47)48)37(39)16-9-7-8-15-36-38(4,5)31-27-30(54(49,50)51)18-20-33(31)40(36)22-12-24-52(43,44)45/h7-9,15-20,26-28H,10-14,21-25H2,1-6H3,(H2-,43,44,45,46,47,48,49,50,51)/p+1. The summed E-state index contributed by atoms with van der Waals surface area (Å²) in [6, 6.07) is 10.5. The van der Waals surface area contributed by atoms with Gasteiger partial charge in [0.05, 0.1) is 21.8 Å². The number of aryl methyl sites for hydroxylation is 1. The number of carbonyl (C=O) groups excluding carboxylic acids is 1. The Morgan fingerprint density at radius 2 is 1.50 bits per heavy atom. The van der Waals surface area contributed by atoms with E-state index in [-0.39, 0.29) is 41.7 Å². The molecule has 2 aromatic carbocycles. The van der Waals surface area contributed by atoms with Crippen molar-refractivity contribution in [2.24, 2.45) is 5.92 Å². The van der Waals surface area contributed by atoms with Crippen LogP contribution in [0.1, 0.15) is 89.8 Å². The summed E-state index contributed by atoms with van der Waals surface area (Å²) in [5.41, 5.74) is 4.89. The van der Waals surface area contributed by atoms with Crippen LogP contribution in [-0.2, 0) is 46.0 Å². The number of ketones is 1. The average molecular weight is 806 g/mol. The smallest absolute Gasteiger partial charge is 0.294 e. The number of anilines is 1. The molecule has 54 heavy (non-hydrogen) atoms. The molecule has 0 saturated carbocycles. The third kappa shape index (κ3) is 10.4. The van der Waals surface area contributed by atoms with Gasteiger partial charge in [-0.1, -0.05) is 56.2 Å². The lowest BCUT2D eigenvalue weighted by atomic mass is 9.76. The van der Waals surface area contributed by atoms with Gasteiger partial charge in [0.25, 0.3) is 30.4 Å². The zero-order valence-corrected chi connectivity index (χ0v) is 34.3. The molecule has 0 amide bonds. The average Bonchev–Trinajstić information content (AvgIpc) is 3.40. The molecule has 0 fully saturated rings. The second-order valence-electron chi connectivity index (χ2n) is 15.2. The fourth-order valence-corrected chi connectivity index (χ4v) is 8.96. The van der Waals surface area contributed by atoms with Crippen molar-refractivity contribution in [2.45, 2.75) is 95.8 Å². The lowest BCUT2D eigenvalue weighted by Gasteiger charge is -2.30. The Balaban J connectivity index is 1.72. The molecule has 2 aliphatic heterocycles. The largest absolute Gasteiger partial charge is 0.344 e. The molecule has 2 aliphatic rings. The molecule has 0 bridgehead atoms. The van der Waals surface area contributed by atoms with Crippen LogP contribution in [0, 0.1) is 12.8 Å². The van der Waals surface area contributed by atoms with Gasteiger partial charge in [-0.05, 0) is 76.8 Å². The number of carbonyl (C=O) groups is 1. The SMILES string of the molecule is Cc1ccc2c(c1)C(C)(CCCCC(=O)C(C)C)C(=CC=CC=CC1=[N+](CCCS(=O)(=O)O)c3ccc(S(=O)(=O)O)cc3C1(C)C)N2CCCS(=O)(=O)O. The molecule has 0 aliphatic carbocycles. The van der Waals surface area contributed by atoms with Gasteiger partial charge in [-0.3, -0.25) is 18.5 Å². The van der Waals surface area contributed by atoms with Crippen LogP contribution in [0.5, 0.6) is 0 Å². The molecule has 0 radical (unpaired) electrons. The third-order valence-corrected chi connectivity index (χ3v) is 12.8. The van der Waals surface area contributed by atoms with Crippen molar-refractivity contribution in [1.29, 1.82) is 0 Å². The number of hydrogen-bond acceptors (Lipinski definition) is 8. The molecule has 3 N–H and O–H groups in total. The maximum Gasteiger partial charge on any atom is 0.294 e. The second kappa shape index (κ2) is 16.7. The molecular formula is C39H53N2O10S3+. The molecule has 4 rings (SSSR count). The first-order valence-electron chi connectivity index (χ1n) is 18.1. The van der Waals surface area contributed by atoms with Crippen molar-refractivity contribution in [1.82, 2.24) is 0 Å². The highest BCUT2D eigenvalue weighted by Gasteiger charge is 2.45.